The number of ether oxygens (including phenoxy) is 1. The van der Waals surface area contributed by atoms with Crippen LogP contribution >= 0.6 is 23.4 Å². The Kier molecular flexibility index (Phi) is 6.73. The summed E-state index contributed by atoms with van der Waals surface area (Å²) in [5, 5.41) is 3.47. The molecule has 1 amide bonds. The van der Waals surface area contributed by atoms with Crippen molar-refractivity contribution in [3.63, 3.8) is 0 Å². The average Bonchev–Trinajstić information content (AvgIpc) is 2.72. The SMILES string of the molecule is COc1ccc(-n2ccnc(SCC(=O)NCc3ccccc3)c2=O)cc1Cl. The molecule has 0 aliphatic carbocycles. The number of carbonyl (C=O) groups excluding carboxylic acids is 1. The number of thioether (sulfide) groups is 1. The van der Waals surface area contributed by atoms with E-state index in [9.17, 15) is 9.59 Å². The summed E-state index contributed by atoms with van der Waals surface area (Å²) in [5.41, 5.74) is 1.29. The number of benzene rings is 2. The summed E-state index contributed by atoms with van der Waals surface area (Å²) < 4.78 is 6.56. The molecule has 0 fully saturated rings. The van der Waals surface area contributed by atoms with E-state index in [2.05, 4.69) is 10.3 Å². The van der Waals surface area contributed by atoms with Crippen molar-refractivity contribution < 1.29 is 9.53 Å². The molecule has 0 atom stereocenters. The Balaban J connectivity index is 1.67. The van der Waals surface area contributed by atoms with Gasteiger partial charge in [0.15, 0.2) is 5.03 Å². The number of methoxy groups -OCH3 is 1. The third-order valence-corrected chi connectivity index (χ3v) is 5.15. The highest BCUT2D eigenvalue weighted by Crippen LogP contribution is 2.26. The molecule has 0 saturated heterocycles. The van der Waals surface area contributed by atoms with Crippen molar-refractivity contribution in [1.82, 2.24) is 14.9 Å². The minimum absolute atomic E-state index is 0.0997. The molecule has 0 saturated carbocycles. The first-order valence-electron chi connectivity index (χ1n) is 8.43. The standard InChI is InChI=1S/C20H18ClN3O3S/c1-27-17-8-7-15(11-16(17)21)24-10-9-22-19(20(24)26)28-13-18(25)23-12-14-5-3-2-4-6-14/h2-11H,12-13H2,1H3,(H,23,25). The van der Waals surface area contributed by atoms with E-state index in [4.69, 9.17) is 16.3 Å². The van der Waals surface area contributed by atoms with Gasteiger partial charge in [-0.25, -0.2) is 4.98 Å². The van der Waals surface area contributed by atoms with Crippen LogP contribution in [0.2, 0.25) is 5.02 Å². The first-order chi connectivity index (χ1) is 13.6. The van der Waals surface area contributed by atoms with Crippen LogP contribution in [0.15, 0.2) is 70.7 Å². The fourth-order valence-corrected chi connectivity index (χ4v) is 3.46. The Morgan fingerprint density at radius 2 is 2.04 bits per heavy atom. The molecule has 8 heteroatoms. The van der Waals surface area contributed by atoms with E-state index in [1.54, 1.807) is 24.4 Å². The predicted octanol–water partition coefficient (Wildman–Crippen LogP) is 3.30. The third-order valence-electron chi connectivity index (χ3n) is 3.90. The molecule has 0 aliphatic heterocycles. The van der Waals surface area contributed by atoms with E-state index in [1.807, 2.05) is 30.3 Å². The summed E-state index contributed by atoms with van der Waals surface area (Å²) in [6.45, 7) is 0.441. The van der Waals surface area contributed by atoms with Gasteiger partial charge in [0, 0.05) is 18.9 Å². The zero-order chi connectivity index (χ0) is 19.9. The minimum Gasteiger partial charge on any atom is -0.495 e. The lowest BCUT2D eigenvalue weighted by molar-refractivity contribution is -0.118. The molecule has 144 valence electrons. The summed E-state index contributed by atoms with van der Waals surface area (Å²) in [6, 6.07) is 14.7. The van der Waals surface area contributed by atoms with E-state index in [-0.39, 0.29) is 22.2 Å². The van der Waals surface area contributed by atoms with Gasteiger partial charge in [0.1, 0.15) is 5.75 Å². The first-order valence-corrected chi connectivity index (χ1v) is 9.80. The Morgan fingerprint density at radius 1 is 1.25 bits per heavy atom. The number of aromatic nitrogens is 2. The molecule has 0 bridgehead atoms. The van der Waals surface area contributed by atoms with Crippen LogP contribution < -0.4 is 15.6 Å². The third kappa shape index (κ3) is 4.94. The van der Waals surface area contributed by atoms with Gasteiger partial charge in [-0.3, -0.25) is 14.2 Å². The van der Waals surface area contributed by atoms with Gasteiger partial charge in [0.2, 0.25) is 5.91 Å². The van der Waals surface area contributed by atoms with Gasteiger partial charge >= 0.3 is 0 Å². The molecule has 28 heavy (non-hydrogen) atoms. The van der Waals surface area contributed by atoms with Crippen LogP contribution in [-0.4, -0.2) is 28.3 Å². The number of carbonyl (C=O) groups is 1. The molecule has 0 unspecified atom stereocenters. The van der Waals surface area contributed by atoms with Gasteiger partial charge in [-0.2, -0.15) is 0 Å². The van der Waals surface area contributed by atoms with Crippen molar-refractivity contribution in [2.24, 2.45) is 0 Å². The molecule has 2 aromatic carbocycles. The van der Waals surface area contributed by atoms with E-state index >= 15 is 0 Å². The number of hydrogen-bond donors (Lipinski definition) is 1. The van der Waals surface area contributed by atoms with Crippen molar-refractivity contribution in [2.75, 3.05) is 12.9 Å². The summed E-state index contributed by atoms with van der Waals surface area (Å²) in [7, 11) is 1.52. The van der Waals surface area contributed by atoms with Gasteiger partial charge < -0.3 is 10.1 Å². The minimum atomic E-state index is -0.315. The highest BCUT2D eigenvalue weighted by molar-refractivity contribution is 7.99. The molecule has 0 spiro atoms. The molecule has 1 aromatic heterocycles. The number of rotatable bonds is 7. The van der Waals surface area contributed by atoms with Crippen LogP contribution in [-0.2, 0) is 11.3 Å². The zero-order valence-electron chi connectivity index (χ0n) is 15.1. The largest absolute Gasteiger partial charge is 0.495 e. The van der Waals surface area contributed by atoms with Gasteiger partial charge in [0.25, 0.3) is 5.56 Å². The van der Waals surface area contributed by atoms with E-state index in [1.165, 1.54) is 17.9 Å². The molecular formula is C20H18ClN3O3S. The normalized spacial score (nSPS) is 10.5. The van der Waals surface area contributed by atoms with Gasteiger partial charge in [0.05, 0.1) is 23.6 Å². The second kappa shape index (κ2) is 9.43. The zero-order valence-corrected chi connectivity index (χ0v) is 16.7. The van der Waals surface area contributed by atoms with Crippen LogP contribution in [0.1, 0.15) is 5.56 Å². The van der Waals surface area contributed by atoms with E-state index < -0.39 is 0 Å². The number of amides is 1. The van der Waals surface area contributed by atoms with Crippen molar-refractivity contribution in [2.45, 2.75) is 11.6 Å². The summed E-state index contributed by atoms with van der Waals surface area (Å²) in [6.07, 6.45) is 3.07. The number of halogens is 1. The van der Waals surface area contributed by atoms with Crippen LogP contribution in [0.4, 0.5) is 0 Å². The molecule has 3 aromatic rings. The lowest BCUT2D eigenvalue weighted by Gasteiger charge is -2.10. The average molecular weight is 416 g/mol. The van der Waals surface area contributed by atoms with Crippen molar-refractivity contribution >= 4 is 29.3 Å². The highest BCUT2D eigenvalue weighted by Gasteiger charge is 2.11. The van der Waals surface area contributed by atoms with Crippen LogP contribution in [0, 0.1) is 0 Å². The number of hydrogen-bond acceptors (Lipinski definition) is 5. The number of nitrogens with zero attached hydrogens (tertiary/aromatic N) is 2. The van der Waals surface area contributed by atoms with E-state index in [0.717, 1.165) is 17.3 Å². The molecule has 3 rings (SSSR count). The summed E-state index contributed by atoms with van der Waals surface area (Å²) in [5.74, 6) is 0.456. The molecule has 1 heterocycles. The topological polar surface area (TPSA) is 73.2 Å². The van der Waals surface area contributed by atoms with Gasteiger partial charge in [-0.05, 0) is 23.8 Å². The van der Waals surface area contributed by atoms with Crippen molar-refractivity contribution in [3.8, 4) is 11.4 Å². The molecular weight excluding hydrogens is 398 g/mol. The Bertz CT molecular complexity index is 1020. The fraction of sp³-hybridized carbons (Fsp3) is 0.150. The second-order valence-corrected chi connectivity index (χ2v) is 7.15. The molecule has 0 radical (unpaired) electrons. The lowest BCUT2D eigenvalue weighted by atomic mass is 10.2. The van der Waals surface area contributed by atoms with Gasteiger partial charge in [-0.15, -0.1) is 0 Å². The first kappa shape index (κ1) is 20.0. The van der Waals surface area contributed by atoms with Crippen LogP contribution in [0.3, 0.4) is 0 Å². The maximum atomic E-state index is 12.7. The summed E-state index contributed by atoms with van der Waals surface area (Å²) >= 11 is 7.24. The fourth-order valence-electron chi connectivity index (χ4n) is 2.48. The Morgan fingerprint density at radius 3 is 2.75 bits per heavy atom. The maximum Gasteiger partial charge on any atom is 0.287 e. The Hall–Kier alpha value is -2.77. The maximum absolute atomic E-state index is 12.7. The predicted molar refractivity (Wildman–Crippen MR) is 110 cm³/mol. The summed E-state index contributed by atoms with van der Waals surface area (Å²) in [4.78, 5) is 28.9. The lowest BCUT2D eigenvalue weighted by Crippen LogP contribution is -2.26. The highest BCUT2D eigenvalue weighted by atomic mass is 35.5. The monoisotopic (exact) mass is 415 g/mol. The molecule has 1 N–H and O–H groups in total. The van der Waals surface area contributed by atoms with Gasteiger partial charge in [-0.1, -0.05) is 53.7 Å². The van der Waals surface area contributed by atoms with Crippen molar-refractivity contribution in [3.05, 3.63) is 81.9 Å². The Labute approximate surface area is 171 Å². The quantitative estimate of drug-likeness (QED) is 0.599. The smallest absolute Gasteiger partial charge is 0.287 e. The number of nitrogens with one attached hydrogen (secondary N) is 1. The molecule has 6 nitrogen and oxygen atoms in total. The van der Waals surface area contributed by atoms with Crippen LogP contribution in [0.5, 0.6) is 5.75 Å². The van der Waals surface area contributed by atoms with E-state index in [0.29, 0.717) is 23.0 Å². The van der Waals surface area contributed by atoms with Crippen molar-refractivity contribution in [1.29, 1.82) is 0 Å². The van der Waals surface area contributed by atoms with Crippen LogP contribution in [0.25, 0.3) is 5.69 Å². The second-order valence-electron chi connectivity index (χ2n) is 5.78. The molecule has 0 aliphatic rings.